The number of hydrogen-bond acceptors (Lipinski definition) is 5. The Labute approximate surface area is 158 Å². The summed E-state index contributed by atoms with van der Waals surface area (Å²) in [6, 6.07) is 14.5. The van der Waals surface area contributed by atoms with Crippen LogP contribution in [0.4, 0.5) is 0 Å². The van der Waals surface area contributed by atoms with E-state index in [1.165, 1.54) is 16.3 Å². The number of benzene rings is 2. The van der Waals surface area contributed by atoms with E-state index in [1.54, 1.807) is 13.0 Å². The van der Waals surface area contributed by atoms with Crippen molar-refractivity contribution in [1.82, 2.24) is 0 Å². The molecule has 0 unspecified atom stereocenters. The molecule has 2 aromatic rings. The number of carboxylic acid groups (broad SMARTS) is 1. The molecule has 6 nitrogen and oxygen atoms in total. The third-order valence-corrected chi connectivity index (χ3v) is 4.01. The molecule has 0 saturated carbocycles. The Morgan fingerprint density at radius 2 is 1.85 bits per heavy atom. The van der Waals surface area contributed by atoms with E-state index in [9.17, 15) is 14.7 Å². The van der Waals surface area contributed by atoms with E-state index >= 15 is 0 Å². The molecule has 2 aromatic carbocycles. The Hall–Kier alpha value is -2.70. The Balaban J connectivity index is 1.82. The molecule has 0 aliphatic rings. The molecule has 0 radical (unpaired) electrons. The molecule has 0 fully saturated rings. The lowest BCUT2D eigenvalue weighted by Gasteiger charge is -2.18. The Morgan fingerprint density at radius 1 is 1.11 bits per heavy atom. The summed E-state index contributed by atoms with van der Waals surface area (Å²) in [5, 5.41) is 20.8. The summed E-state index contributed by atoms with van der Waals surface area (Å²) in [4.78, 5) is 22.6. The van der Waals surface area contributed by atoms with Gasteiger partial charge in [0, 0.05) is 0 Å². The number of hydrogen-bond donors (Lipinski definition) is 2. The van der Waals surface area contributed by atoms with Gasteiger partial charge in [-0.3, -0.25) is 0 Å². The molecule has 0 aromatic heterocycles. The zero-order valence-electron chi connectivity index (χ0n) is 15.2. The molecule has 0 aliphatic heterocycles. The van der Waals surface area contributed by atoms with Crippen LogP contribution in [0.2, 0.25) is 0 Å². The quantitative estimate of drug-likeness (QED) is 0.492. The molecule has 0 heterocycles. The molecule has 0 aliphatic carbocycles. The highest BCUT2D eigenvalue weighted by atomic mass is 16.6. The van der Waals surface area contributed by atoms with Gasteiger partial charge >= 0.3 is 11.9 Å². The minimum atomic E-state index is -1.96. The molecular weight excluding hydrogens is 348 g/mol. The second-order valence-electron chi connectivity index (χ2n) is 5.98. The number of allylic oxidation sites excluding steroid dienone is 1. The minimum Gasteiger partial charge on any atom is -0.479 e. The smallest absolute Gasteiger partial charge is 0.338 e. The van der Waals surface area contributed by atoms with Crippen molar-refractivity contribution in [3.8, 4) is 0 Å². The van der Waals surface area contributed by atoms with Crippen LogP contribution in [-0.2, 0) is 25.5 Å². The van der Waals surface area contributed by atoms with E-state index in [0.717, 1.165) is 12.8 Å². The van der Waals surface area contributed by atoms with Crippen LogP contribution >= 0.6 is 0 Å². The van der Waals surface area contributed by atoms with Gasteiger partial charge in [-0.15, -0.1) is 0 Å². The highest BCUT2D eigenvalue weighted by molar-refractivity contribution is 5.84. The van der Waals surface area contributed by atoms with E-state index in [2.05, 4.69) is 30.3 Å². The topological polar surface area (TPSA) is 93.1 Å². The van der Waals surface area contributed by atoms with Crippen molar-refractivity contribution in [1.29, 1.82) is 0 Å². The normalized spacial score (nSPS) is 13.6. The zero-order chi connectivity index (χ0) is 19.6. The molecule has 27 heavy (non-hydrogen) atoms. The summed E-state index contributed by atoms with van der Waals surface area (Å²) < 4.78 is 9.93. The Morgan fingerprint density at radius 3 is 2.56 bits per heavy atom. The van der Waals surface area contributed by atoms with Crippen molar-refractivity contribution >= 4 is 22.7 Å². The van der Waals surface area contributed by atoms with Crippen LogP contribution in [0, 0.1) is 0 Å². The second kappa shape index (κ2) is 10.4. The van der Waals surface area contributed by atoms with E-state index < -0.39 is 24.1 Å². The van der Waals surface area contributed by atoms with Crippen molar-refractivity contribution in [2.75, 3.05) is 13.2 Å². The first-order valence-corrected chi connectivity index (χ1v) is 8.84. The van der Waals surface area contributed by atoms with Gasteiger partial charge in [0.1, 0.15) is 0 Å². The second-order valence-corrected chi connectivity index (χ2v) is 5.98. The van der Waals surface area contributed by atoms with Gasteiger partial charge in [0.15, 0.2) is 12.2 Å². The van der Waals surface area contributed by atoms with Gasteiger partial charge in [0.2, 0.25) is 0 Å². The molecule has 2 rings (SSSR count). The number of rotatable bonds is 10. The summed E-state index contributed by atoms with van der Waals surface area (Å²) in [6.45, 7) is 1.67. The summed E-state index contributed by atoms with van der Waals surface area (Å²) in [5.74, 6) is -2.43. The number of ether oxygens (including phenoxy) is 2. The highest BCUT2D eigenvalue weighted by Crippen LogP contribution is 2.16. The number of aliphatic carboxylic acids is 1. The number of aliphatic hydroxyl groups is 1. The molecule has 0 amide bonds. The van der Waals surface area contributed by atoms with E-state index in [-0.39, 0.29) is 13.2 Å². The largest absolute Gasteiger partial charge is 0.479 e. The van der Waals surface area contributed by atoms with Crippen LogP contribution in [0.3, 0.4) is 0 Å². The van der Waals surface area contributed by atoms with Crippen LogP contribution in [-0.4, -0.2) is 47.6 Å². The van der Waals surface area contributed by atoms with Gasteiger partial charge in [-0.25, -0.2) is 9.59 Å². The summed E-state index contributed by atoms with van der Waals surface area (Å²) >= 11 is 0. The summed E-state index contributed by atoms with van der Waals surface area (Å²) in [6.07, 6.45) is 1.70. The van der Waals surface area contributed by atoms with Crippen LogP contribution in [0.1, 0.15) is 18.9 Å². The molecule has 0 bridgehead atoms. The predicted molar refractivity (Wildman–Crippen MR) is 101 cm³/mol. The third-order valence-electron chi connectivity index (χ3n) is 4.01. The van der Waals surface area contributed by atoms with Crippen LogP contribution in [0.5, 0.6) is 0 Å². The van der Waals surface area contributed by atoms with Gasteiger partial charge in [0.05, 0.1) is 13.2 Å². The molecular formula is C21H24O6. The first-order valence-electron chi connectivity index (χ1n) is 8.84. The lowest BCUT2D eigenvalue weighted by atomic mass is 10.0. The number of carbonyl (C=O) groups excluding carboxylic acids is 1. The van der Waals surface area contributed by atoms with E-state index in [1.807, 2.05) is 18.2 Å². The minimum absolute atomic E-state index is 0.00550. The maximum absolute atomic E-state index is 11.7. The van der Waals surface area contributed by atoms with Gasteiger partial charge in [-0.2, -0.15) is 0 Å². The molecule has 6 heteroatoms. The molecule has 144 valence electrons. The average molecular weight is 372 g/mol. The van der Waals surface area contributed by atoms with Gasteiger partial charge in [0.25, 0.3) is 0 Å². The fraction of sp³-hybridized carbons (Fsp3) is 0.333. The SMILES string of the molecule is CCOC(=O)[C@H](OC/C=C/CCc1ccc2ccccc2c1)[C@@H](O)C(=O)O. The standard InChI is InChI=1S/C21H24O6/c1-2-26-21(25)19(18(22)20(23)24)27-13-7-3-4-8-15-11-12-16-9-5-6-10-17(16)14-15/h3,5-7,9-12,14,18-19,22H,2,4,8,13H2,1H3,(H,23,24)/b7-3+/t18-,19-/m1/s1. The van der Waals surface area contributed by atoms with Crippen molar-refractivity contribution in [3.05, 3.63) is 60.2 Å². The fourth-order valence-electron chi connectivity index (χ4n) is 2.63. The van der Waals surface area contributed by atoms with Crippen LogP contribution < -0.4 is 0 Å². The monoisotopic (exact) mass is 372 g/mol. The van der Waals surface area contributed by atoms with Crippen LogP contribution in [0.15, 0.2) is 54.6 Å². The first kappa shape index (κ1) is 20.6. The van der Waals surface area contributed by atoms with E-state index in [4.69, 9.17) is 14.6 Å². The van der Waals surface area contributed by atoms with Crippen molar-refractivity contribution in [2.45, 2.75) is 32.0 Å². The lowest BCUT2D eigenvalue weighted by Crippen LogP contribution is -2.42. The number of fused-ring (bicyclic) bond motifs is 1. The summed E-state index contributed by atoms with van der Waals surface area (Å²) in [7, 11) is 0. The molecule has 0 spiro atoms. The summed E-state index contributed by atoms with van der Waals surface area (Å²) in [5.41, 5.74) is 1.21. The average Bonchev–Trinajstić information content (AvgIpc) is 2.66. The van der Waals surface area contributed by atoms with Crippen molar-refractivity contribution < 1.29 is 29.3 Å². The van der Waals surface area contributed by atoms with Crippen molar-refractivity contribution in [2.24, 2.45) is 0 Å². The number of aryl methyl sites for hydroxylation is 1. The van der Waals surface area contributed by atoms with Gasteiger partial charge in [-0.05, 0) is 36.1 Å². The molecule has 0 saturated heterocycles. The van der Waals surface area contributed by atoms with Crippen molar-refractivity contribution in [3.63, 3.8) is 0 Å². The van der Waals surface area contributed by atoms with E-state index in [0.29, 0.717) is 0 Å². The number of carboxylic acids is 1. The highest BCUT2D eigenvalue weighted by Gasteiger charge is 2.34. The number of carbonyl (C=O) groups is 2. The number of aliphatic hydroxyl groups excluding tert-OH is 1. The first-order chi connectivity index (χ1) is 13.0. The maximum atomic E-state index is 11.7. The fourth-order valence-corrected chi connectivity index (χ4v) is 2.63. The van der Waals surface area contributed by atoms with Gasteiger partial charge in [-0.1, -0.05) is 54.6 Å². The number of esters is 1. The van der Waals surface area contributed by atoms with Crippen LogP contribution in [0.25, 0.3) is 10.8 Å². The maximum Gasteiger partial charge on any atom is 0.338 e. The molecule has 2 N–H and O–H groups in total. The lowest BCUT2D eigenvalue weighted by molar-refractivity contribution is -0.173. The molecule has 2 atom stereocenters. The Bertz CT molecular complexity index is 798. The zero-order valence-corrected chi connectivity index (χ0v) is 15.2. The van der Waals surface area contributed by atoms with Gasteiger partial charge < -0.3 is 19.7 Å². The Kier molecular flexibility index (Phi) is 7.98. The third kappa shape index (κ3) is 6.20. The predicted octanol–water partition coefficient (Wildman–Crippen LogP) is 2.72.